The van der Waals surface area contributed by atoms with Gasteiger partial charge in [-0.15, -0.1) is 10.2 Å². The van der Waals surface area contributed by atoms with Gasteiger partial charge in [0.1, 0.15) is 0 Å². The molecule has 2 fully saturated rings. The van der Waals surface area contributed by atoms with Gasteiger partial charge in [-0.1, -0.05) is 13.8 Å². The Bertz CT molecular complexity index is 568. The minimum absolute atomic E-state index is 0.0524. The molecule has 0 aliphatic carbocycles. The molecule has 0 aromatic carbocycles. The van der Waals surface area contributed by atoms with E-state index in [1.807, 2.05) is 13.8 Å². The van der Waals surface area contributed by atoms with Gasteiger partial charge in [-0.05, 0) is 32.4 Å². The van der Waals surface area contributed by atoms with E-state index in [1.54, 1.807) is 4.90 Å². The van der Waals surface area contributed by atoms with E-state index in [4.69, 9.17) is 4.42 Å². The molecule has 2 aliphatic heterocycles. The van der Waals surface area contributed by atoms with Gasteiger partial charge in [0.2, 0.25) is 17.7 Å². The molecule has 1 aromatic heterocycles. The number of amides is 1. The van der Waals surface area contributed by atoms with E-state index in [9.17, 15) is 9.90 Å². The van der Waals surface area contributed by atoms with Crippen molar-refractivity contribution < 1.29 is 14.3 Å². The second-order valence-electron chi connectivity index (χ2n) is 7.46. The van der Waals surface area contributed by atoms with Gasteiger partial charge in [0.15, 0.2) is 0 Å². The van der Waals surface area contributed by atoms with Crippen molar-refractivity contribution in [3.05, 3.63) is 11.8 Å². The first-order chi connectivity index (χ1) is 11.5. The maximum atomic E-state index is 12.4. The third-order valence-electron chi connectivity index (χ3n) is 4.93. The number of hydrogen-bond donors (Lipinski definition) is 1. The van der Waals surface area contributed by atoms with Gasteiger partial charge in [-0.3, -0.25) is 4.79 Å². The van der Waals surface area contributed by atoms with Crippen LogP contribution in [0.2, 0.25) is 0 Å². The van der Waals surface area contributed by atoms with Crippen LogP contribution in [0.25, 0.3) is 0 Å². The molecule has 2 saturated heterocycles. The first-order valence-electron chi connectivity index (χ1n) is 9.00. The number of aliphatic hydroxyl groups is 1. The minimum Gasteiger partial charge on any atom is -0.425 e. The number of β-amino-alcohol motifs (C(OH)–C–C–N with tert-alkyl or cyclic N) is 1. The first kappa shape index (κ1) is 17.4. The second kappa shape index (κ2) is 7.19. The normalized spacial score (nSPS) is 25.1. The molecule has 3 rings (SSSR count). The van der Waals surface area contributed by atoms with Crippen molar-refractivity contribution in [2.45, 2.75) is 57.5 Å². The summed E-state index contributed by atoms with van der Waals surface area (Å²) in [7, 11) is 0. The maximum absolute atomic E-state index is 12.4. The highest BCUT2D eigenvalue weighted by Gasteiger charge is 2.39. The minimum atomic E-state index is -0.755. The SMILES string of the molecule is CC(C)c1nnc(CCC(=O)N2CC[C@@](O)(CN3CCCC3)C2)o1. The zero-order chi connectivity index (χ0) is 17.2. The van der Waals surface area contributed by atoms with E-state index < -0.39 is 5.60 Å². The third-order valence-corrected chi connectivity index (χ3v) is 4.93. The number of carbonyl (C=O) groups is 1. The number of hydrogen-bond acceptors (Lipinski definition) is 6. The Balaban J connectivity index is 1.47. The van der Waals surface area contributed by atoms with Gasteiger partial charge in [0.25, 0.3) is 0 Å². The molecule has 1 N–H and O–H groups in total. The first-order valence-corrected chi connectivity index (χ1v) is 9.00. The fourth-order valence-electron chi connectivity index (χ4n) is 3.53. The Labute approximate surface area is 143 Å². The van der Waals surface area contributed by atoms with E-state index in [0.29, 0.717) is 50.7 Å². The monoisotopic (exact) mass is 336 g/mol. The average Bonchev–Trinajstić information content (AvgIpc) is 3.26. The summed E-state index contributed by atoms with van der Waals surface area (Å²) in [4.78, 5) is 16.5. The van der Waals surface area contributed by atoms with Crippen LogP contribution < -0.4 is 0 Å². The lowest BCUT2D eigenvalue weighted by Crippen LogP contribution is -2.45. The van der Waals surface area contributed by atoms with Crippen LogP contribution in [0.3, 0.4) is 0 Å². The highest BCUT2D eigenvalue weighted by molar-refractivity contribution is 5.76. The molecule has 1 aromatic rings. The fourth-order valence-corrected chi connectivity index (χ4v) is 3.53. The largest absolute Gasteiger partial charge is 0.425 e. The molecule has 0 bridgehead atoms. The molecule has 7 heteroatoms. The Morgan fingerprint density at radius 3 is 2.71 bits per heavy atom. The lowest BCUT2D eigenvalue weighted by molar-refractivity contribution is -0.131. The molecule has 0 saturated carbocycles. The van der Waals surface area contributed by atoms with Crippen molar-refractivity contribution in [1.82, 2.24) is 20.0 Å². The predicted molar refractivity (Wildman–Crippen MR) is 88.5 cm³/mol. The molecule has 7 nitrogen and oxygen atoms in total. The Morgan fingerprint density at radius 2 is 2.04 bits per heavy atom. The van der Waals surface area contributed by atoms with Gasteiger partial charge in [-0.2, -0.15) is 0 Å². The summed E-state index contributed by atoms with van der Waals surface area (Å²) in [6, 6.07) is 0. The molecule has 0 radical (unpaired) electrons. The summed E-state index contributed by atoms with van der Waals surface area (Å²) < 4.78 is 5.54. The van der Waals surface area contributed by atoms with Crippen molar-refractivity contribution in [1.29, 1.82) is 0 Å². The molecule has 134 valence electrons. The quantitative estimate of drug-likeness (QED) is 0.840. The predicted octanol–water partition coefficient (Wildman–Crippen LogP) is 1.18. The number of rotatable bonds is 6. The topological polar surface area (TPSA) is 82.7 Å². The van der Waals surface area contributed by atoms with Crippen LogP contribution in [0, 0.1) is 0 Å². The Kier molecular flexibility index (Phi) is 5.20. The Morgan fingerprint density at radius 1 is 1.29 bits per heavy atom. The molecule has 0 unspecified atom stereocenters. The smallest absolute Gasteiger partial charge is 0.223 e. The number of nitrogens with zero attached hydrogens (tertiary/aromatic N) is 4. The van der Waals surface area contributed by atoms with Crippen LogP contribution in [0.1, 0.15) is 57.2 Å². The fraction of sp³-hybridized carbons (Fsp3) is 0.824. The molecule has 24 heavy (non-hydrogen) atoms. The third kappa shape index (κ3) is 4.13. The summed E-state index contributed by atoms with van der Waals surface area (Å²) in [5.74, 6) is 1.37. The van der Waals surface area contributed by atoms with E-state index >= 15 is 0 Å². The summed E-state index contributed by atoms with van der Waals surface area (Å²) in [6.07, 6.45) is 3.88. The molecule has 1 amide bonds. The molecule has 2 aliphatic rings. The molecule has 3 heterocycles. The number of likely N-dealkylation sites (tertiary alicyclic amines) is 2. The molecular weight excluding hydrogens is 308 g/mol. The van der Waals surface area contributed by atoms with Gasteiger partial charge in [-0.25, -0.2) is 0 Å². The average molecular weight is 336 g/mol. The van der Waals surface area contributed by atoms with Crippen LogP contribution in [-0.2, 0) is 11.2 Å². The van der Waals surface area contributed by atoms with E-state index in [-0.39, 0.29) is 11.8 Å². The van der Waals surface area contributed by atoms with Crippen LogP contribution >= 0.6 is 0 Å². The molecule has 0 spiro atoms. The highest BCUT2D eigenvalue weighted by atomic mass is 16.4. The van der Waals surface area contributed by atoms with E-state index in [0.717, 1.165) is 13.1 Å². The van der Waals surface area contributed by atoms with Crippen LogP contribution in [0.5, 0.6) is 0 Å². The number of aromatic nitrogens is 2. The van der Waals surface area contributed by atoms with E-state index in [1.165, 1.54) is 12.8 Å². The van der Waals surface area contributed by atoms with Crippen LogP contribution in [-0.4, -0.2) is 69.3 Å². The molecular formula is C17H28N4O3. The summed E-state index contributed by atoms with van der Waals surface area (Å²) in [6.45, 7) is 7.85. The van der Waals surface area contributed by atoms with Crippen molar-refractivity contribution in [2.75, 3.05) is 32.7 Å². The van der Waals surface area contributed by atoms with Gasteiger partial charge >= 0.3 is 0 Å². The highest BCUT2D eigenvalue weighted by Crippen LogP contribution is 2.25. The standard InChI is InChI=1S/C17H28N4O3/c1-13(2)16-19-18-14(24-16)5-6-15(22)21-10-7-17(23,12-21)11-20-8-3-4-9-20/h13,23H,3-12H2,1-2H3/t17-/m1/s1. The van der Waals surface area contributed by atoms with Crippen molar-refractivity contribution in [3.8, 4) is 0 Å². The number of aryl methyl sites for hydroxylation is 1. The zero-order valence-corrected chi connectivity index (χ0v) is 14.7. The van der Waals surface area contributed by atoms with Crippen molar-refractivity contribution in [2.24, 2.45) is 0 Å². The lowest BCUT2D eigenvalue weighted by Gasteiger charge is -2.28. The molecule has 1 atom stereocenters. The maximum Gasteiger partial charge on any atom is 0.223 e. The van der Waals surface area contributed by atoms with E-state index in [2.05, 4.69) is 15.1 Å². The number of carbonyl (C=O) groups excluding carboxylic acids is 1. The van der Waals surface area contributed by atoms with Crippen molar-refractivity contribution in [3.63, 3.8) is 0 Å². The summed E-state index contributed by atoms with van der Waals surface area (Å²) in [5.41, 5.74) is -0.755. The zero-order valence-electron chi connectivity index (χ0n) is 14.7. The van der Waals surface area contributed by atoms with Crippen LogP contribution in [0.4, 0.5) is 0 Å². The summed E-state index contributed by atoms with van der Waals surface area (Å²) in [5, 5.41) is 18.7. The Hall–Kier alpha value is -1.47. The second-order valence-corrected chi connectivity index (χ2v) is 7.46. The van der Waals surface area contributed by atoms with Gasteiger partial charge in [0, 0.05) is 31.8 Å². The van der Waals surface area contributed by atoms with Gasteiger partial charge < -0.3 is 19.3 Å². The van der Waals surface area contributed by atoms with Crippen LogP contribution in [0.15, 0.2) is 4.42 Å². The van der Waals surface area contributed by atoms with Crippen molar-refractivity contribution >= 4 is 5.91 Å². The summed E-state index contributed by atoms with van der Waals surface area (Å²) >= 11 is 0. The van der Waals surface area contributed by atoms with Gasteiger partial charge in [0.05, 0.1) is 12.1 Å². The lowest BCUT2D eigenvalue weighted by atomic mass is 10.0.